The molecule has 0 amide bonds. The van der Waals surface area contributed by atoms with Gasteiger partial charge in [0, 0.05) is 11.9 Å². The Morgan fingerprint density at radius 2 is 1.54 bits per heavy atom. The Hall–Kier alpha value is 0.440. The van der Waals surface area contributed by atoms with E-state index in [1.165, 1.54) is 51.6 Å². The van der Waals surface area contributed by atoms with E-state index in [4.69, 9.17) is 0 Å². The number of alkyl halides is 1. The summed E-state index contributed by atoms with van der Waals surface area (Å²) < 4.78 is 0. The highest BCUT2D eigenvalue weighted by molar-refractivity contribution is 9.09. The van der Waals surface area contributed by atoms with E-state index in [1.807, 2.05) is 0 Å². The van der Waals surface area contributed by atoms with Gasteiger partial charge in [0.2, 0.25) is 0 Å². The number of nitrogens with zero attached hydrogens (tertiary/aromatic N) is 1. The van der Waals surface area contributed by atoms with Crippen molar-refractivity contribution in [1.82, 2.24) is 4.90 Å². The van der Waals surface area contributed by atoms with Crippen LogP contribution in [0.4, 0.5) is 0 Å². The molecule has 0 unspecified atom stereocenters. The standard InChI is InChI=1S/C11H24BrN/c1-3-4-5-6-7-8-10-13(2)11-9-12/h3-11H2,1-2H3. The molecule has 80 valence electrons. The maximum Gasteiger partial charge on any atom is 0.0159 e. The van der Waals surface area contributed by atoms with E-state index in [9.17, 15) is 0 Å². The predicted molar refractivity (Wildman–Crippen MR) is 64.7 cm³/mol. The summed E-state index contributed by atoms with van der Waals surface area (Å²) in [5.74, 6) is 0. The second-order valence-electron chi connectivity index (χ2n) is 3.76. The minimum atomic E-state index is 1.10. The van der Waals surface area contributed by atoms with Crippen LogP contribution in [0, 0.1) is 0 Å². The summed E-state index contributed by atoms with van der Waals surface area (Å²) in [6.45, 7) is 4.70. The Bertz CT molecular complexity index is 96.1. The largest absolute Gasteiger partial charge is 0.306 e. The maximum absolute atomic E-state index is 3.45. The van der Waals surface area contributed by atoms with Gasteiger partial charge >= 0.3 is 0 Å². The smallest absolute Gasteiger partial charge is 0.0159 e. The van der Waals surface area contributed by atoms with Gasteiger partial charge in [-0.2, -0.15) is 0 Å². The fourth-order valence-corrected chi connectivity index (χ4v) is 2.02. The Morgan fingerprint density at radius 3 is 2.15 bits per heavy atom. The molecule has 0 aliphatic heterocycles. The zero-order valence-corrected chi connectivity index (χ0v) is 10.8. The summed E-state index contributed by atoms with van der Waals surface area (Å²) in [6, 6.07) is 0. The quantitative estimate of drug-likeness (QED) is 0.445. The van der Waals surface area contributed by atoms with Crippen LogP contribution in [-0.4, -0.2) is 30.4 Å². The van der Waals surface area contributed by atoms with E-state index in [1.54, 1.807) is 0 Å². The van der Waals surface area contributed by atoms with Crippen LogP contribution < -0.4 is 0 Å². The molecule has 0 aliphatic rings. The number of unbranched alkanes of at least 4 members (excludes halogenated alkanes) is 5. The van der Waals surface area contributed by atoms with E-state index in [0.717, 1.165) is 5.33 Å². The zero-order valence-electron chi connectivity index (χ0n) is 9.19. The Balaban J connectivity index is 2.97. The van der Waals surface area contributed by atoms with Crippen LogP contribution in [0.5, 0.6) is 0 Å². The van der Waals surface area contributed by atoms with Gasteiger partial charge in [-0.15, -0.1) is 0 Å². The van der Waals surface area contributed by atoms with Gasteiger partial charge in [0.1, 0.15) is 0 Å². The van der Waals surface area contributed by atoms with E-state index in [-0.39, 0.29) is 0 Å². The third kappa shape index (κ3) is 10.4. The fourth-order valence-electron chi connectivity index (χ4n) is 1.42. The van der Waals surface area contributed by atoms with Crippen molar-refractivity contribution in [2.45, 2.75) is 45.4 Å². The van der Waals surface area contributed by atoms with Crippen LogP contribution in [0.15, 0.2) is 0 Å². The van der Waals surface area contributed by atoms with Gasteiger partial charge in [0.25, 0.3) is 0 Å². The summed E-state index contributed by atoms with van der Waals surface area (Å²) >= 11 is 3.45. The molecular weight excluding hydrogens is 226 g/mol. The molecule has 13 heavy (non-hydrogen) atoms. The Labute approximate surface area is 92.0 Å². The monoisotopic (exact) mass is 249 g/mol. The van der Waals surface area contributed by atoms with E-state index in [0.29, 0.717) is 0 Å². The molecule has 0 radical (unpaired) electrons. The normalized spacial score (nSPS) is 11.1. The lowest BCUT2D eigenvalue weighted by Gasteiger charge is -2.14. The predicted octanol–water partition coefficient (Wildman–Crippen LogP) is 3.67. The van der Waals surface area contributed by atoms with Gasteiger partial charge in [-0.25, -0.2) is 0 Å². The first-order valence-electron chi connectivity index (χ1n) is 5.55. The highest BCUT2D eigenvalue weighted by atomic mass is 79.9. The summed E-state index contributed by atoms with van der Waals surface area (Å²) in [6.07, 6.45) is 8.40. The van der Waals surface area contributed by atoms with Crippen molar-refractivity contribution in [2.75, 3.05) is 25.5 Å². The van der Waals surface area contributed by atoms with Gasteiger partial charge in [-0.05, 0) is 20.0 Å². The molecule has 0 heterocycles. The molecule has 0 rings (SSSR count). The lowest BCUT2D eigenvalue weighted by atomic mass is 10.1. The van der Waals surface area contributed by atoms with Crippen molar-refractivity contribution in [3.05, 3.63) is 0 Å². The first-order chi connectivity index (χ1) is 6.31. The van der Waals surface area contributed by atoms with Crippen molar-refractivity contribution in [2.24, 2.45) is 0 Å². The zero-order chi connectivity index (χ0) is 9.94. The van der Waals surface area contributed by atoms with Crippen molar-refractivity contribution in [1.29, 1.82) is 0 Å². The van der Waals surface area contributed by atoms with E-state index >= 15 is 0 Å². The number of hydrogen-bond donors (Lipinski definition) is 0. The molecule has 0 saturated heterocycles. The maximum atomic E-state index is 3.45. The third-order valence-corrected chi connectivity index (χ3v) is 2.71. The van der Waals surface area contributed by atoms with Crippen molar-refractivity contribution in [3.63, 3.8) is 0 Å². The molecule has 0 spiro atoms. The fraction of sp³-hybridized carbons (Fsp3) is 1.00. The molecule has 0 bridgehead atoms. The molecule has 0 atom stereocenters. The third-order valence-electron chi connectivity index (χ3n) is 2.36. The van der Waals surface area contributed by atoms with Gasteiger partial charge in [0.15, 0.2) is 0 Å². The molecule has 0 aliphatic carbocycles. The molecule has 1 nitrogen and oxygen atoms in total. The molecule has 2 heteroatoms. The van der Waals surface area contributed by atoms with Crippen molar-refractivity contribution >= 4 is 15.9 Å². The summed E-state index contributed by atoms with van der Waals surface area (Å²) in [5.41, 5.74) is 0. The highest BCUT2D eigenvalue weighted by Gasteiger charge is 1.95. The second-order valence-corrected chi connectivity index (χ2v) is 4.55. The Kier molecular flexibility index (Phi) is 10.9. The summed E-state index contributed by atoms with van der Waals surface area (Å²) in [7, 11) is 2.20. The highest BCUT2D eigenvalue weighted by Crippen LogP contribution is 2.05. The van der Waals surface area contributed by atoms with Crippen LogP contribution in [0.2, 0.25) is 0 Å². The average Bonchev–Trinajstić information content (AvgIpc) is 2.11. The average molecular weight is 250 g/mol. The van der Waals surface area contributed by atoms with Crippen molar-refractivity contribution in [3.8, 4) is 0 Å². The SMILES string of the molecule is CCCCCCCCN(C)CCBr. The van der Waals surface area contributed by atoms with E-state index < -0.39 is 0 Å². The minimum absolute atomic E-state index is 1.10. The van der Waals surface area contributed by atoms with Crippen LogP contribution in [-0.2, 0) is 0 Å². The lowest BCUT2D eigenvalue weighted by molar-refractivity contribution is 0.344. The molecule has 0 saturated carbocycles. The molecule has 0 aromatic rings. The molecule has 0 N–H and O–H groups in total. The summed E-state index contributed by atoms with van der Waals surface area (Å²) in [4.78, 5) is 2.40. The first kappa shape index (κ1) is 13.4. The number of rotatable bonds is 9. The van der Waals surface area contributed by atoms with Crippen LogP contribution in [0.3, 0.4) is 0 Å². The topological polar surface area (TPSA) is 3.24 Å². The van der Waals surface area contributed by atoms with Gasteiger partial charge in [-0.3, -0.25) is 0 Å². The van der Waals surface area contributed by atoms with Crippen molar-refractivity contribution < 1.29 is 0 Å². The second kappa shape index (κ2) is 10.5. The minimum Gasteiger partial charge on any atom is -0.306 e. The Morgan fingerprint density at radius 1 is 0.923 bits per heavy atom. The van der Waals surface area contributed by atoms with Crippen LogP contribution in [0.25, 0.3) is 0 Å². The molecule has 0 fully saturated rings. The molecular formula is C11H24BrN. The van der Waals surface area contributed by atoms with Crippen LogP contribution >= 0.6 is 15.9 Å². The lowest BCUT2D eigenvalue weighted by Crippen LogP contribution is -2.21. The summed E-state index contributed by atoms with van der Waals surface area (Å²) in [5, 5.41) is 1.10. The molecule has 0 aromatic heterocycles. The van der Waals surface area contributed by atoms with E-state index in [2.05, 4.69) is 34.8 Å². The van der Waals surface area contributed by atoms with Gasteiger partial charge in [-0.1, -0.05) is 55.0 Å². The van der Waals surface area contributed by atoms with Gasteiger partial charge < -0.3 is 4.90 Å². The number of hydrogen-bond acceptors (Lipinski definition) is 1. The van der Waals surface area contributed by atoms with Crippen LogP contribution in [0.1, 0.15) is 45.4 Å². The molecule has 0 aromatic carbocycles. The number of halogens is 1. The van der Waals surface area contributed by atoms with Gasteiger partial charge in [0.05, 0.1) is 0 Å². The first-order valence-corrected chi connectivity index (χ1v) is 6.68.